The molecule has 1 heterocycles. The van der Waals surface area contributed by atoms with Gasteiger partial charge in [-0.05, 0) is 13.3 Å². The molecule has 1 rings (SSSR count). The monoisotopic (exact) mass is 367 g/mol. The molecule has 0 aromatic rings. The van der Waals surface area contributed by atoms with E-state index in [2.05, 4.69) is 18.8 Å². The highest BCUT2D eigenvalue weighted by Crippen LogP contribution is 2.19. The van der Waals surface area contributed by atoms with Gasteiger partial charge in [-0.3, -0.25) is 0 Å². The lowest BCUT2D eigenvalue weighted by atomic mass is 10.0. The predicted octanol–water partition coefficient (Wildman–Crippen LogP) is 7.04. The Labute approximate surface area is 163 Å². The number of hydrogen-bond donors (Lipinski definition) is 1. The van der Waals surface area contributed by atoms with Crippen molar-refractivity contribution in [1.29, 1.82) is 0 Å². The molecule has 0 amide bonds. The van der Waals surface area contributed by atoms with Gasteiger partial charge in [0, 0.05) is 13.0 Å². The van der Waals surface area contributed by atoms with Gasteiger partial charge in [-0.1, -0.05) is 103 Å². The van der Waals surface area contributed by atoms with Crippen molar-refractivity contribution in [2.45, 2.75) is 111 Å². The second kappa shape index (κ2) is 18.9. The summed E-state index contributed by atoms with van der Waals surface area (Å²) >= 11 is 0. The van der Waals surface area contributed by atoms with Gasteiger partial charge in [-0.25, -0.2) is 4.99 Å². The summed E-state index contributed by atoms with van der Waals surface area (Å²) in [5.74, 6) is 1.44. The Kier molecular flexibility index (Phi) is 18.3. The highest BCUT2D eigenvalue weighted by atomic mass is 16.5. The second-order valence-corrected chi connectivity index (χ2v) is 7.45. The zero-order valence-electron chi connectivity index (χ0n) is 18.1. The summed E-state index contributed by atoms with van der Waals surface area (Å²) in [6.45, 7) is 7.24. The van der Waals surface area contributed by atoms with Gasteiger partial charge in [0.15, 0.2) is 5.90 Å². The van der Waals surface area contributed by atoms with E-state index in [1.807, 2.05) is 13.0 Å². The lowest BCUT2D eigenvalue weighted by Crippen LogP contribution is -2.11. The summed E-state index contributed by atoms with van der Waals surface area (Å²) in [7, 11) is 1.00. The van der Waals surface area contributed by atoms with Gasteiger partial charge >= 0.3 is 0 Å². The summed E-state index contributed by atoms with van der Waals surface area (Å²) in [5, 5.41) is 7.00. The minimum Gasteiger partial charge on any atom is -0.474 e. The number of ether oxygens (including phenoxy) is 1. The maximum Gasteiger partial charge on any atom is 0.191 e. The number of aliphatic hydroxyl groups excluding tert-OH is 1. The second-order valence-electron chi connectivity index (χ2n) is 7.45. The van der Waals surface area contributed by atoms with Crippen molar-refractivity contribution in [2.75, 3.05) is 13.7 Å². The van der Waals surface area contributed by atoms with E-state index >= 15 is 0 Å². The smallest absolute Gasteiger partial charge is 0.191 e. The van der Waals surface area contributed by atoms with E-state index < -0.39 is 0 Å². The first-order chi connectivity index (χ1) is 12.8. The van der Waals surface area contributed by atoms with Crippen LogP contribution in [0.3, 0.4) is 0 Å². The number of aliphatic hydroxyl groups is 1. The molecule has 0 fully saturated rings. The largest absolute Gasteiger partial charge is 0.474 e. The van der Waals surface area contributed by atoms with E-state index in [1.54, 1.807) is 0 Å². The molecule has 3 heteroatoms. The molecule has 1 N–H and O–H groups in total. The molecule has 0 saturated heterocycles. The third-order valence-corrected chi connectivity index (χ3v) is 5.12. The Hall–Kier alpha value is -0.830. The summed E-state index contributed by atoms with van der Waals surface area (Å²) in [6.07, 6.45) is 21.7. The van der Waals surface area contributed by atoms with Crippen molar-refractivity contribution < 1.29 is 9.84 Å². The Morgan fingerprint density at radius 3 is 1.77 bits per heavy atom. The lowest BCUT2D eigenvalue weighted by Gasteiger charge is -2.10. The minimum atomic E-state index is 0.482. The van der Waals surface area contributed by atoms with E-state index in [0.717, 1.165) is 18.7 Å². The molecule has 1 unspecified atom stereocenters. The zero-order valence-corrected chi connectivity index (χ0v) is 18.1. The van der Waals surface area contributed by atoms with Crippen molar-refractivity contribution in [3.8, 4) is 0 Å². The van der Waals surface area contributed by atoms with Gasteiger partial charge in [0.1, 0.15) is 6.61 Å². The summed E-state index contributed by atoms with van der Waals surface area (Å²) in [6, 6.07) is 0. The van der Waals surface area contributed by atoms with Crippen molar-refractivity contribution in [3.05, 3.63) is 11.8 Å². The fourth-order valence-corrected chi connectivity index (χ4v) is 3.35. The minimum absolute atomic E-state index is 0.482. The van der Waals surface area contributed by atoms with Gasteiger partial charge in [0.05, 0.1) is 5.70 Å². The molecule has 0 saturated carbocycles. The SMILES string of the molecule is CC=C1COC(C(C)CCCCCCCCCCCCCCC)=N1.CO. The van der Waals surface area contributed by atoms with Crippen molar-refractivity contribution >= 4 is 5.90 Å². The van der Waals surface area contributed by atoms with Crippen LogP contribution in [-0.2, 0) is 4.74 Å². The van der Waals surface area contributed by atoms with Gasteiger partial charge in [0.2, 0.25) is 0 Å². The molecule has 26 heavy (non-hydrogen) atoms. The zero-order chi connectivity index (χ0) is 19.5. The number of aliphatic imine (C=N–C) groups is 1. The molecule has 0 aromatic carbocycles. The van der Waals surface area contributed by atoms with Crippen LogP contribution in [0.5, 0.6) is 0 Å². The van der Waals surface area contributed by atoms with Crippen LogP contribution in [0.4, 0.5) is 0 Å². The van der Waals surface area contributed by atoms with Gasteiger partial charge in [-0.15, -0.1) is 0 Å². The van der Waals surface area contributed by atoms with E-state index in [0.29, 0.717) is 12.5 Å². The van der Waals surface area contributed by atoms with Crippen LogP contribution in [-0.4, -0.2) is 24.7 Å². The molecule has 154 valence electrons. The molecule has 0 bridgehead atoms. The van der Waals surface area contributed by atoms with Crippen LogP contribution in [0.15, 0.2) is 16.8 Å². The number of hydrogen-bond acceptors (Lipinski definition) is 3. The Balaban J connectivity index is 0.00000301. The molecule has 0 aromatic heterocycles. The highest BCUT2D eigenvalue weighted by Gasteiger charge is 2.18. The maximum absolute atomic E-state index is 7.00. The average Bonchev–Trinajstić information content (AvgIpc) is 3.16. The maximum atomic E-state index is 7.00. The van der Waals surface area contributed by atoms with Gasteiger partial charge in [-0.2, -0.15) is 0 Å². The Bertz CT molecular complexity index is 363. The molecule has 0 aliphatic carbocycles. The summed E-state index contributed by atoms with van der Waals surface area (Å²) < 4.78 is 5.66. The molecule has 1 atom stereocenters. The first-order valence-corrected chi connectivity index (χ1v) is 11.1. The van der Waals surface area contributed by atoms with Crippen LogP contribution < -0.4 is 0 Å². The Morgan fingerprint density at radius 2 is 1.35 bits per heavy atom. The van der Waals surface area contributed by atoms with Gasteiger partial charge < -0.3 is 9.84 Å². The number of unbranched alkanes of at least 4 members (excludes halogenated alkanes) is 12. The normalized spacial score (nSPS) is 16.0. The van der Waals surface area contributed by atoms with Gasteiger partial charge in [0.25, 0.3) is 0 Å². The standard InChI is InChI=1S/C22H41NO.CH4O/c1-4-6-7-8-9-10-11-12-13-14-15-16-17-18-20(3)22-23-21(5-2)19-24-22;1-2/h5,20H,4,6-19H2,1-3H3;2H,1H3. The van der Waals surface area contributed by atoms with E-state index in [9.17, 15) is 0 Å². The van der Waals surface area contributed by atoms with E-state index in [-0.39, 0.29) is 0 Å². The topological polar surface area (TPSA) is 41.8 Å². The fraction of sp³-hybridized carbons (Fsp3) is 0.870. The molecular formula is C23H45NO2. The average molecular weight is 368 g/mol. The predicted molar refractivity (Wildman–Crippen MR) is 115 cm³/mol. The number of allylic oxidation sites excluding steroid dienone is 1. The highest BCUT2D eigenvalue weighted by molar-refractivity contribution is 5.81. The van der Waals surface area contributed by atoms with E-state index in [4.69, 9.17) is 9.84 Å². The van der Waals surface area contributed by atoms with Crippen LogP contribution in [0.2, 0.25) is 0 Å². The van der Waals surface area contributed by atoms with Crippen LogP contribution in [0.25, 0.3) is 0 Å². The van der Waals surface area contributed by atoms with Crippen LogP contribution in [0.1, 0.15) is 111 Å². The molecule has 0 spiro atoms. The summed E-state index contributed by atoms with van der Waals surface area (Å²) in [4.78, 5) is 4.54. The molecule has 3 nitrogen and oxygen atoms in total. The molecule has 1 aliphatic heterocycles. The molecule has 0 radical (unpaired) electrons. The number of nitrogens with zero attached hydrogens (tertiary/aromatic N) is 1. The lowest BCUT2D eigenvalue weighted by molar-refractivity contribution is 0.332. The molecule has 1 aliphatic rings. The fourth-order valence-electron chi connectivity index (χ4n) is 3.35. The Morgan fingerprint density at radius 1 is 0.885 bits per heavy atom. The quantitative estimate of drug-likeness (QED) is 0.315. The van der Waals surface area contributed by atoms with E-state index in [1.165, 1.54) is 89.9 Å². The third kappa shape index (κ3) is 13.4. The molecular weight excluding hydrogens is 322 g/mol. The first-order valence-electron chi connectivity index (χ1n) is 11.1. The number of rotatable bonds is 15. The summed E-state index contributed by atoms with van der Waals surface area (Å²) in [5.41, 5.74) is 1.09. The van der Waals surface area contributed by atoms with Crippen molar-refractivity contribution in [2.24, 2.45) is 10.9 Å². The van der Waals surface area contributed by atoms with Crippen molar-refractivity contribution in [1.82, 2.24) is 0 Å². The first kappa shape index (κ1) is 25.2. The van der Waals surface area contributed by atoms with Crippen LogP contribution in [0, 0.1) is 5.92 Å². The van der Waals surface area contributed by atoms with Crippen LogP contribution >= 0.6 is 0 Å². The third-order valence-electron chi connectivity index (χ3n) is 5.12. The van der Waals surface area contributed by atoms with Crippen molar-refractivity contribution in [3.63, 3.8) is 0 Å².